The lowest BCUT2D eigenvalue weighted by molar-refractivity contribution is -0.280. The van der Waals surface area contributed by atoms with Crippen LogP contribution < -0.4 is 5.32 Å². The fourth-order valence-corrected chi connectivity index (χ4v) is 5.51. The molecule has 0 bridgehead atoms. The zero-order chi connectivity index (χ0) is 32.9. The van der Waals surface area contributed by atoms with Gasteiger partial charge in [0.2, 0.25) is 5.91 Å². The molecule has 1 heterocycles. The van der Waals surface area contributed by atoms with E-state index in [1.165, 1.54) is 78.6 Å². The SMILES string of the molecule is CCCCCCCCCCCCCCCC(=O)N[C@@H]1[C@@H](OCc2ccccc2)O[C@H](COC(C)=O)[C@@H](OC(C)=O)[C@@H]1OC(C)=O. The molecule has 1 aromatic carbocycles. The number of unbranched alkanes of at least 4 members (excludes halogenated alkanes) is 12. The first-order valence-electron chi connectivity index (χ1n) is 16.8. The van der Waals surface area contributed by atoms with Gasteiger partial charge in [-0.15, -0.1) is 0 Å². The van der Waals surface area contributed by atoms with Crippen LogP contribution in [-0.2, 0) is 49.5 Å². The van der Waals surface area contributed by atoms with Crippen LogP contribution in [0, 0.1) is 0 Å². The summed E-state index contributed by atoms with van der Waals surface area (Å²) in [7, 11) is 0. The topological polar surface area (TPSA) is 126 Å². The van der Waals surface area contributed by atoms with Gasteiger partial charge in [0.25, 0.3) is 0 Å². The quantitative estimate of drug-likeness (QED) is 0.0887. The molecular formula is C35H55NO9. The van der Waals surface area contributed by atoms with E-state index in [1.807, 2.05) is 30.3 Å². The first-order chi connectivity index (χ1) is 21.7. The van der Waals surface area contributed by atoms with Gasteiger partial charge in [0, 0.05) is 27.2 Å². The van der Waals surface area contributed by atoms with Crippen LogP contribution in [0.5, 0.6) is 0 Å². The van der Waals surface area contributed by atoms with E-state index < -0.39 is 48.6 Å². The molecule has 1 aliphatic rings. The van der Waals surface area contributed by atoms with Crippen LogP contribution in [-0.4, -0.2) is 61.1 Å². The molecule has 0 aliphatic carbocycles. The summed E-state index contributed by atoms with van der Waals surface area (Å²) in [4.78, 5) is 49.0. The van der Waals surface area contributed by atoms with Crippen LogP contribution in [0.25, 0.3) is 0 Å². The first-order valence-corrected chi connectivity index (χ1v) is 16.8. The molecule has 2 rings (SSSR count). The summed E-state index contributed by atoms with van der Waals surface area (Å²) in [6, 6.07) is 8.41. The molecule has 0 unspecified atom stereocenters. The number of benzene rings is 1. The van der Waals surface area contributed by atoms with Gasteiger partial charge in [0.1, 0.15) is 18.8 Å². The van der Waals surface area contributed by atoms with Gasteiger partial charge in [-0.25, -0.2) is 0 Å². The third kappa shape index (κ3) is 16.2. The molecule has 5 atom stereocenters. The molecule has 1 aliphatic heterocycles. The Kier molecular flexibility index (Phi) is 19.1. The monoisotopic (exact) mass is 633 g/mol. The predicted octanol–water partition coefficient (Wildman–Crippen LogP) is 6.32. The van der Waals surface area contributed by atoms with Crippen molar-refractivity contribution >= 4 is 23.8 Å². The van der Waals surface area contributed by atoms with Crippen molar-refractivity contribution in [3.63, 3.8) is 0 Å². The Morgan fingerprint density at radius 1 is 0.711 bits per heavy atom. The number of hydrogen-bond acceptors (Lipinski definition) is 9. The Bertz CT molecular complexity index is 1000. The van der Waals surface area contributed by atoms with Gasteiger partial charge in [-0.2, -0.15) is 0 Å². The molecule has 1 N–H and O–H groups in total. The number of rotatable bonds is 22. The van der Waals surface area contributed by atoms with E-state index in [-0.39, 0.29) is 25.5 Å². The standard InChI is InChI=1S/C35H55NO9/c1-5-6-7-8-9-10-11-12-13-14-15-16-20-23-31(40)36-32-34(44-28(4)39)33(43-27(3)38)30(25-41-26(2)37)45-35(32)42-24-29-21-18-17-19-22-29/h17-19,21-22,30,32-35H,5-16,20,23-25H2,1-4H3,(H,36,40)/t30-,32+,33-,34-,35+/m1/s1. The minimum Gasteiger partial charge on any atom is -0.463 e. The van der Waals surface area contributed by atoms with E-state index in [1.54, 1.807) is 0 Å². The summed E-state index contributed by atoms with van der Waals surface area (Å²) in [5.41, 5.74) is 0.862. The van der Waals surface area contributed by atoms with Gasteiger partial charge in [0.05, 0.1) is 6.61 Å². The second kappa shape index (κ2) is 22.5. The van der Waals surface area contributed by atoms with Crippen molar-refractivity contribution in [3.05, 3.63) is 35.9 Å². The molecule has 10 nitrogen and oxygen atoms in total. The van der Waals surface area contributed by atoms with Crippen molar-refractivity contribution in [2.45, 2.75) is 155 Å². The van der Waals surface area contributed by atoms with Gasteiger partial charge in [-0.1, -0.05) is 114 Å². The maximum Gasteiger partial charge on any atom is 0.303 e. The van der Waals surface area contributed by atoms with Gasteiger partial charge in [0.15, 0.2) is 18.5 Å². The summed E-state index contributed by atoms with van der Waals surface area (Å²) in [5.74, 6) is -2.09. The van der Waals surface area contributed by atoms with Crippen LogP contribution in [0.2, 0.25) is 0 Å². The molecule has 254 valence electrons. The van der Waals surface area contributed by atoms with E-state index in [0.29, 0.717) is 6.42 Å². The zero-order valence-electron chi connectivity index (χ0n) is 27.8. The van der Waals surface area contributed by atoms with Gasteiger partial charge in [-0.3, -0.25) is 19.2 Å². The molecular weight excluding hydrogens is 578 g/mol. The van der Waals surface area contributed by atoms with Crippen molar-refractivity contribution in [3.8, 4) is 0 Å². The summed E-state index contributed by atoms with van der Waals surface area (Å²) in [6.07, 6.45) is 11.6. The highest BCUT2D eigenvalue weighted by molar-refractivity contribution is 5.76. The number of esters is 3. The summed E-state index contributed by atoms with van der Waals surface area (Å²) in [5, 5.41) is 2.93. The summed E-state index contributed by atoms with van der Waals surface area (Å²) < 4.78 is 28.5. The normalized spacial score (nSPS) is 21.1. The largest absolute Gasteiger partial charge is 0.463 e. The Balaban J connectivity index is 1.98. The van der Waals surface area contributed by atoms with Gasteiger partial charge < -0.3 is 29.0 Å². The lowest BCUT2D eigenvalue weighted by Crippen LogP contribution is -2.66. The average Bonchev–Trinajstić information content (AvgIpc) is 3.00. The van der Waals surface area contributed by atoms with E-state index in [0.717, 1.165) is 24.8 Å². The number of carbonyl (C=O) groups is 4. The van der Waals surface area contributed by atoms with Crippen LogP contribution >= 0.6 is 0 Å². The molecule has 0 radical (unpaired) electrons. The average molecular weight is 634 g/mol. The second-order valence-electron chi connectivity index (χ2n) is 11.9. The molecule has 0 aromatic heterocycles. The van der Waals surface area contributed by atoms with Crippen LogP contribution in [0.4, 0.5) is 0 Å². The smallest absolute Gasteiger partial charge is 0.303 e. The number of nitrogens with one attached hydrogen (secondary N) is 1. The van der Waals surface area contributed by atoms with Gasteiger partial charge >= 0.3 is 17.9 Å². The van der Waals surface area contributed by atoms with Crippen molar-refractivity contribution in [1.82, 2.24) is 5.32 Å². The predicted molar refractivity (Wildman–Crippen MR) is 170 cm³/mol. The molecule has 10 heteroatoms. The summed E-state index contributed by atoms with van der Waals surface area (Å²) >= 11 is 0. The fourth-order valence-electron chi connectivity index (χ4n) is 5.51. The number of ether oxygens (including phenoxy) is 5. The number of carbonyl (C=O) groups excluding carboxylic acids is 4. The third-order valence-corrected chi connectivity index (χ3v) is 7.79. The number of hydrogen-bond donors (Lipinski definition) is 1. The molecule has 1 amide bonds. The third-order valence-electron chi connectivity index (χ3n) is 7.79. The highest BCUT2D eigenvalue weighted by atomic mass is 16.7. The first kappa shape index (κ1) is 38.2. The maximum atomic E-state index is 13.1. The van der Waals surface area contributed by atoms with Crippen LogP contribution in [0.15, 0.2) is 30.3 Å². The van der Waals surface area contributed by atoms with Crippen molar-refractivity contribution in [2.75, 3.05) is 6.61 Å². The molecule has 1 aromatic rings. The fraction of sp³-hybridized carbons (Fsp3) is 0.714. The van der Waals surface area contributed by atoms with Crippen molar-refractivity contribution in [1.29, 1.82) is 0 Å². The molecule has 0 spiro atoms. The molecule has 0 saturated carbocycles. The van der Waals surface area contributed by atoms with Crippen molar-refractivity contribution in [2.24, 2.45) is 0 Å². The van der Waals surface area contributed by atoms with Crippen molar-refractivity contribution < 1.29 is 42.9 Å². The second-order valence-corrected chi connectivity index (χ2v) is 11.9. The minimum atomic E-state index is -1.15. The highest BCUT2D eigenvalue weighted by Gasteiger charge is 2.51. The Morgan fingerprint density at radius 3 is 1.78 bits per heavy atom. The van der Waals surface area contributed by atoms with E-state index in [4.69, 9.17) is 23.7 Å². The summed E-state index contributed by atoms with van der Waals surface area (Å²) in [6.45, 7) is 5.81. The van der Waals surface area contributed by atoms with E-state index in [9.17, 15) is 19.2 Å². The maximum absolute atomic E-state index is 13.1. The molecule has 1 saturated heterocycles. The highest BCUT2D eigenvalue weighted by Crippen LogP contribution is 2.29. The van der Waals surface area contributed by atoms with Gasteiger partial charge in [-0.05, 0) is 12.0 Å². The van der Waals surface area contributed by atoms with Crippen LogP contribution in [0.3, 0.4) is 0 Å². The minimum absolute atomic E-state index is 0.141. The lowest BCUT2D eigenvalue weighted by atomic mass is 9.95. The molecule has 1 fully saturated rings. The zero-order valence-corrected chi connectivity index (χ0v) is 27.8. The van der Waals surface area contributed by atoms with E-state index >= 15 is 0 Å². The molecule has 45 heavy (non-hydrogen) atoms. The van der Waals surface area contributed by atoms with Crippen LogP contribution in [0.1, 0.15) is 123 Å². The lowest BCUT2D eigenvalue weighted by Gasteiger charge is -2.45. The number of amides is 1. The van der Waals surface area contributed by atoms with E-state index in [2.05, 4.69) is 12.2 Å². The Morgan fingerprint density at radius 2 is 1.24 bits per heavy atom. The Labute approximate surface area is 269 Å². The Hall–Kier alpha value is -2.98.